The second-order valence-electron chi connectivity index (χ2n) is 5.39. The summed E-state index contributed by atoms with van der Waals surface area (Å²) in [5, 5.41) is 3.79. The van der Waals surface area contributed by atoms with E-state index in [9.17, 15) is 4.39 Å². The van der Waals surface area contributed by atoms with Gasteiger partial charge in [-0.15, -0.1) is 0 Å². The Hall–Kier alpha value is -0.600. The molecule has 1 nitrogen and oxygen atoms in total. The van der Waals surface area contributed by atoms with Crippen LogP contribution in [-0.4, -0.2) is 12.6 Å². The third-order valence-corrected chi connectivity index (χ3v) is 4.09. The van der Waals surface area contributed by atoms with Crippen molar-refractivity contribution in [3.8, 4) is 0 Å². The number of benzene rings is 1. The summed E-state index contributed by atoms with van der Waals surface area (Å²) in [5.74, 6) is 1.24. The van der Waals surface area contributed by atoms with Crippen LogP contribution in [-0.2, 0) is 6.42 Å². The van der Waals surface area contributed by atoms with Gasteiger partial charge in [0.25, 0.3) is 0 Å². The summed E-state index contributed by atoms with van der Waals surface area (Å²) in [6.45, 7) is 5.49. The molecule has 0 aromatic heterocycles. The van der Waals surface area contributed by atoms with Gasteiger partial charge in [0.05, 0.1) is 5.02 Å². The number of rotatable bonds is 6. The first kappa shape index (κ1) is 13.8. The zero-order valence-corrected chi connectivity index (χ0v) is 11.8. The predicted octanol–water partition coefficient (Wildman–Crippen LogP) is 4.05. The maximum absolute atomic E-state index is 13.4. The molecule has 1 fully saturated rings. The Balaban J connectivity index is 2.00. The molecule has 0 amide bonds. The fourth-order valence-corrected chi connectivity index (χ4v) is 2.65. The first-order valence-corrected chi connectivity index (χ1v) is 7.17. The Bertz CT molecular complexity index is 407. The molecule has 1 aliphatic rings. The Labute approximate surface area is 114 Å². The summed E-state index contributed by atoms with van der Waals surface area (Å²) >= 11 is 5.71. The normalized spacial score (nSPS) is 24.0. The van der Waals surface area contributed by atoms with Crippen LogP contribution in [0.5, 0.6) is 0 Å². The van der Waals surface area contributed by atoms with Crippen molar-refractivity contribution in [3.63, 3.8) is 0 Å². The molecule has 100 valence electrons. The molecule has 0 heterocycles. The molecule has 1 N–H and O–H groups in total. The fourth-order valence-electron chi connectivity index (χ4n) is 2.54. The molecule has 3 unspecified atom stereocenters. The molecule has 18 heavy (non-hydrogen) atoms. The quantitative estimate of drug-likeness (QED) is 0.822. The third kappa shape index (κ3) is 3.46. The molecule has 1 aromatic rings. The van der Waals surface area contributed by atoms with Crippen LogP contribution in [0.3, 0.4) is 0 Å². The lowest BCUT2D eigenvalue weighted by molar-refractivity contribution is 0.443. The van der Waals surface area contributed by atoms with Crippen molar-refractivity contribution in [2.75, 3.05) is 6.54 Å². The van der Waals surface area contributed by atoms with Crippen molar-refractivity contribution in [1.82, 2.24) is 5.32 Å². The van der Waals surface area contributed by atoms with Crippen molar-refractivity contribution in [1.29, 1.82) is 0 Å². The Kier molecular flexibility index (Phi) is 4.63. The van der Waals surface area contributed by atoms with Gasteiger partial charge in [0.15, 0.2) is 0 Å². The van der Waals surface area contributed by atoms with Crippen LogP contribution >= 0.6 is 11.6 Å². The van der Waals surface area contributed by atoms with Gasteiger partial charge in [-0.3, -0.25) is 0 Å². The van der Waals surface area contributed by atoms with E-state index in [0.29, 0.717) is 6.04 Å². The number of hydrogen-bond donors (Lipinski definition) is 1. The summed E-state index contributed by atoms with van der Waals surface area (Å²) in [5.41, 5.74) is 1.03. The summed E-state index contributed by atoms with van der Waals surface area (Å²) in [4.78, 5) is 0. The predicted molar refractivity (Wildman–Crippen MR) is 74.5 cm³/mol. The summed E-state index contributed by atoms with van der Waals surface area (Å²) < 4.78 is 13.4. The highest BCUT2D eigenvalue weighted by molar-refractivity contribution is 6.30. The second kappa shape index (κ2) is 6.03. The van der Waals surface area contributed by atoms with Gasteiger partial charge in [-0.1, -0.05) is 31.5 Å². The van der Waals surface area contributed by atoms with E-state index < -0.39 is 0 Å². The largest absolute Gasteiger partial charge is 0.313 e. The number of nitrogens with one attached hydrogen (secondary N) is 1. The first-order chi connectivity index (χ1) is 8.61. The van der Waals surface area contributed by atoms with E-state index in [4.69, 9.17) is 11.6 Å². The molecule has 0 aliphatic heterocycles. The standard InChI is InChI=1S/C15H21ClFN/c1-3-6-18-15(12-7-10(12)2)9-11-4-5-13(16)14(17)8-11/h4-5,8,10,12,15,18H,3,6-7,9H2,1-2H3. The van der Waals surface area contributed by atoms with Crippen LogP contribution in [0, 0.1) is 17.7 Å². The van der Waals surface area contributed by atoms with Gasteiger partial charge >= 0.3 is 0 Å². The SMILES string of the molecule is CCCNC(Cc1ccc(Cl)c(F)c1)C1CC1C. The number of hydrogen-bond acceptors (Lipinski definition) is 1. The second-order valence-corrected chi connectivity index (χ2v) is 5.80. The summed E-state index contributed by atoms with van der Waals surface area (Å²) in [6.07, 6.45) is 3.31. The number of halogens is 2. The molecule has 0 radical (unpaired) electrons. The summed E-state index contributed by atoms with van der Waals surface area (Å²) in [7, 11) is 0. The molecule has 2 rings (SSSR count). The molecule has 0 bridgehead atoms. The lowest BCUT2D eigenvalue weighted by atomic mass is 10.0. The summed E-state index contributed by atoms with van der Waals surface area (Å²) in [6, 6.07) is 5.62. The van der Waals surface area contributed by atoms with Gasteiger partial charge in [0.2, 0.25) is 0 Å². The van der Waals surface area contributed by atoms with E-state index >= 15 is 0 Å². The van der Waals surface area contributed by atoms with Crippen LogP contribution in [0.4, 0.5) is 4.39 Å². The monoisotopic (exact) mass is 269 g/mol. The van der Waals surface area contributed by atoms with E-state index in [1.807, 2.05) is 6.07 Å². The van der Waals surface area contributed by atoms with Crippen LogP contribution in [0.15, 0.2) is 18.2 Å². The Morgan fingerprint density at radius 2 is 2.22 bits per heavy atom. The van der Waals surface area contributed by atoms with E-state index in [-0.39, 0.29) is 10.8 Å². The zero-order valence-electron chi connectivity index (χ0n) is 11.0. The zero-order chi connectivity index (χ0) is 13.1. The highest BCUT2D eigenvalue weighted by Crippen LogP contribution is 2.41. The van der Waals surface area contributed by atoms with Crippen LogP contribution < -0.4 is 5.32 Å². The molecular weight excluding hydrogens is 249 g/mol. The first-order valence-electron chi connectivity index (χ1n) is 6.79. The molecule has 1 aliphatic carbocycles. The lowest BCUT2D eigenvalue weighted by Crippen LogP contribution is -2.34. The molecule has 3 atom stereocenters. The van der Waals surface area contributed by atoms with Crippen molar-refractivity contribution < 1.29 is 4.39 Å². The van der Waals surface area contributed by atoms with Gasteiger partial charge in [-0.2, -0.15) is 0 Å². The highest BCUT2D eigenvalue weighted by Gasteiger charge is 2.38. The van der Waals surface area contributed by atoms with Gasteiger partial charge in [0.1, 0.15) is 5.82 Å². The van der Waals surface area contributed by atoms with Gasteiger partial charge in [-0.05, 0) is 55.3 Å². The average molecular weight is 270 g/mol. The van der Waals surface area contributed by atoms with Gasteiger partial charge < -0.3 is 5.32 Å². The van der Waals surface area contributed by atoms with Crippen LogP contribution in [0.1, 0.15) is 32.3 Å². The van der Waals surface area contributed by atoms with Gasteiger partial charge in [-0.25, -0.2) is 4.39 Å². The van der Waals surface area contributed by atoms with Crippen molar-refractivity contribution in [3.05, 3.63) is 34.6 Å². The molecule has 0 saturated heterocycles. The fraction of sp³-hybridized carbons (Fsp3) is 0.600. The van der Waals surface area contributed by atoms with Crippen LogP contribution in [0.25, 0.3) is 0 Å². The third-order valence-electron chi connectivity index (χ3n) is 3.78. The minimum atomic E-state index is -0.313. The minimum absolute atomic E-state index is 0.205. The van der Waals surface area contributed by atoms with E-state index in [2.05, 4.69) is 19.2 Å². The van der Waals surface area contributed by atoms with Crippen molar-refractivity contribution >= 4 is 11.6 Å². The molecule has 0 spiro atoms. The van der Waals surface area contributed by atoms with E-state index in [1.165, 1.54) is 6.42 Å². The van der Waals surface area contributed by atoms with Crippen molar-refractivity contribution in [2.24, 2.45) is 11.8 Å². The Morgan fingerprint density at radius 3 is 2.78 bits per heavy atom. The molecule has 3 heteroatoms. The van der Waals surface area contributed by atoms with Crippen molar-refractivity contribution in [2.45, 2.75) is 39.2 Å². The lowest BCUT2D eigenvalue weighted by Gasteiger charge is -2.18. The Morgan fingerprint density at radius 1 is 1.50 bits per heavy atom. The smallest absolute Gasteiger partial charge is 0.142 e. The highest BCUT2D eigenvalue weighted by atomic mass is 35.5. The van der Waals surface area contributed by atoms with E-state index in [1.54, 1.807) is 12.1 Å². The topological polar surface area (TPSA) is 12.0 Å². The van der Waals surface area contributed by atoms with Gasteiger partial charge in [0, 0.05) is 6.04 Å². The van der Waals surface area contributed by atoms with Crippen LogP contribution in [0.2, 0.25) is 5.02 Å². The van der Waals surface area contributed by atoms with E-state index in [0.717, 1.165) is 36.8 Å². The minimum Gasteiger partial charge on any atom is -0.313 e. The maximum Gasteiger partial charge on any atom is 0.142 e. The average Bonchev–Trinajstić information content (AvgIpc) is 3.06. The molecular formula is C15H21ClFN. The molecule has 1 aromatic carbocycles. The molecule has 1 saturated carbocycles. The maximum atomic E-state index is 13.4.